The summed E-state index contributed by atoms with van der Waals surface area (Å²) in [7, 11) is 3.10. The summed E-state index contributed by atoms with van der Waals surface area (Å²) in [6, 6.07) is 10.2. The van der Waals surface area contributed by atoms with Crippen molar-refractivity contribution in [3.8, 4) is 34.4 Å². The zero-order chi connectivity index (χ0) is 27.4. The van der Waals surface area contributed by atoms with Gasteiger partial charge in [0.1, 0.15) is 12.6 Å². The van der Waals surface area contributed by atoms with Gasteiger partial charge in [-0.05, 0) is 60.9 Å². The number of aromatic nitrogens is 4. The Bertz CT molecular complexity index is 1340. The van der Waals surface area contributed by atoms with Gasteiger partial charge in [-0.1, -0.05) is 18.9 Å². The molecule has 1 aliphatic carbocycles. The minimum atomic E-state index is -0.711. The molecule has 1 N–H and O–H groups in total. The van der Waals surface area contributed by atoms with Gasteiger partial charge in [0, 0.05) is 18.2 Å². The largest absolute Gasteiger partial charge is 0.493 e. The zero-order valence-electron chi connectivity index (χ0n) is 22.3. The number of benzene rings is 2. The third kappa shape index (κ3) is 5.89. The molecule has 5 rings (SSSR count). The van der Waals surface area contributed by atoms with Gasteiger partial charge in [-0.15, -0.1) is 10.2 Å². The average molecular weight is 537 g/mol. The molecular weight excluding hydrogens is 504 g/mol. The molecule has 39 heavy (non-hydrogen) atoms. The predicted molar refractivity (Wildman–Crippen MR) is 139 cm³/mol. The van der Waals surface area contributed by atoms with Crippen LogP contribution in [0.25, 0.3) is 11.4 Å². The number of hydrogen-bond donors (Lipinski definition) is 1. The highest BCUT2D eigenvalue weighted by molar-refractivity contribution is 5.87. The number of carbonyl (C=O) groups excluding carboxylic acids is 2. The Morgan fingerprint density at radius 3 is 2.62 bits per heavy atom. The molecule has 0 saturated heterocycles. The second kappa shape index (κ2) is 11.6. The first-order chi connectivity index (χ1) is 18.9. The van der Waals surface area contributed by atoms with E-state index in [0.29, 0.717) is 34.4 Å². The number of rotatable bonds is 10. The van der Waals surface area contributed by atoms with Crippen LogP contribution in [-0.2, 0) is 22.7 Å². The van der Waals surface area contributed by atoms with E-state index in [4.69, 9.17) is 18.9 Å². The lowest BCUT2D eigenvalue weighted by atomic mass is 10.1. The molecule has 1 atom stereocenters. The zero-order valence-corrected chi connectivity index (χ0v) is 22.3. The Morgan fingerprint density at radius 1 is 1.08 bits per heavy atom. The van der Waals surface area contributed by atoms with E-state index in [1.807, 2.05) is 12.1 Å². The molecule has 2 aliphatic rings. The molecule has 0 spiro atoms. The quantitative estimate of drug-likeness (QED) is 0.415. The van der Waals surface area contributed by atoms with Gasteiger partial charge in [-0.2, -0.15) is 4.80 Å². The molecule has 0 radical (unpaired) electrons. The van der Waals surface area contributed by atoms with Crippen LogP contribution in [0.15, 0.2) is 36.4 Å². The van der Waals surface area contributed by atoms with Crippen molar-refractivity contribution in [2.24, 2.45) is 0 Å². The van der Waals surface area contributed by atoms with Crippen molar-refractivity contribution >= 4 is 11.8 Å². The highest BCUT2D eigenvalue weighted by atomic mass is 16.7. The molecule has 3 aromatic rings. The first-order valence-corrected chi connectivity index (χ1v) is 12.9. The van der Waals surface area contributed by atoms with Crippen molar-refractivity contribution < 1.29 is 28.5 Å². The third-order valence-corrected chi connectivity index (χ3v) is 7.03. The second-order valence-electron chi connectivity index (χ2n) is 9.59. The lowest BCUT2D eigenvalue weighted by Crippen LogP contribution is -2.50. The van der Waals surface area contributed by atoms with E-state index >= 15 is 0 Å². The number of tetrazole rings is 1. The highest BCUT2D eigenvalue weighted by Gasteiger charge is 2.29. The molecule has 12 heteroatoms. The van der Waals surface area contributed by atoms with Crippen LogP contribution in [0.5, 0.6) is 23.0 Å². The minimum Gasteiger partial charge on any atom is -0.493 e. The van der Waals surface area contributed by atoms with Crippen LogP contribution in [-0.4, -0.2) is 70.0 Å². The minimum absolute atomic E-state index is 0.142. The number of ether oxygens (including phenoxy) is 4. The van der Waals surface area contributed by atoms with Crippen molar-refractivity contribution in [3.63, 3.8) is 0 Å². The van der Waals surface area contributed by atoms with Gasteiger partial charge in [-0.25, -0.2) is 0 Å². The summed E-state index contributed by atoms with van der Waals surface area (Å²) in [5, 5.41) is 15.7. The number of hydrogen-bond acceptors (Lipinski definition) is 9. The van der Waals surface area contributed by atoms with Gasteiger partial charge in [0.15, 0.2) is 23.0 Å². The van der Waals surface area contributed by atoms with Gasteiger partial charge in [0.2, 0.25) is 24.4 Å². The number of nitrogens with zero attached hydrogens (tertiary/aromatic N) is 5. The average Bonchev–Trinajstić information content (AvgIpc) is 3.73. The molecule has 1 fully saturated rings. The van der Waals surface area contributed by atoms with E-state index < -0.39 is 6.04 Å². The van der Waals surface area contributed by atoms with Crippen LogP contribution in [0.3, 0.4) is 0 Å². The molecule has 1 saturated carbocycles. The third-order valence-electron chi connectivity index (χ3n) is 7.03. The summed E-state index contributed by atoms with van der Waals surface area (Å²) in [4.78, 5) is 29.5. The van der Waals surface area contributed by atoms with E-state index in [1.54, 1.807) is 45.4 Å². The maximum Gasteiger partial charge on any atom is 0.247 e. The molecule has 2 aromatic carbocycles. The fourth-order valence-electron chi connectivity index (χ4n) is 4.82. The van der Waals surface area contributed by atoms with Gasteiger partial charge < -0.3 is 29.2 Å². The SMILES string of the molecule is COc1ccc(-c2nnn(CC(=O)N(Cc3ccc4c(c3)OCO4)[C@H](C)C(=O)NC3CCCC3)n2)cc1OC. The second-order valence-corrected chi connectivity index (χ2v) is 9.59. The molecule has 206 valence electrons. The first kappa shape index (κ1) is 26.3. The van der Waals surface area contributed by atoms with Crippen molar-refractivity contribution in [1.82, 2.24) is 30.4 Å². The molecule has 1 aliphatic heterocycles. The molecule has 2 heterocycles. The Balaban J connectivity index is 1.34. The van der Waals surface area contributed by atoms with Crippen molar-refractivity contribution in [3.05, 3.63) is 42.0 Å². The van der Waals surface area contributed by atoms with Gasteiger partial charge in [-0.3, -0.25) is 9.59 Å². The van der Waals surface area contributed by atoms with E-state index in [-0.39, 0.29) is 37.7 Å². The number of methoxy groups -OCH3 is 2. The van der Waals surface area contributed by atoms with E-state index in [1.165, 1.54) is 9.70 Å². The van der Waals surface area contributed by atoms with E-state index in [0.717, 1.165) is 31.2 Å². The molecule has 12 nitrogen and oxygen atoms in total. The summed E-state index contributed by atoms with van der Waals surface area (Å²) in [5.41, 5.74) is 1.47. The monoisotopic (exact) mass is 536 g/mol. The number of carbonyl (C=O) groups is 2. The summed E-state index contributed by atoms with van der Waals surface area (Å²) < 4.78 is 21.5. The van der Waals surface area contributed by atoms with Crippen molar-refractivity contribution in [2.75, 3.05) is 21.0 Å². The van der Waals surface area contributed by atoms with Crippen LogP contribution in [0.2, 0.25) is 0 Å². The predicted octanol–water partition coefficient (Wildman–Crippen LogP) is 2.56. The van der Waals surface area contributed by atoms with Crippen LogP contribution < -0.4 is 24.3 Å². The smallest absolute Gasteiger partial charge is 0.247 e. The van der Waals surface area contributed by atoms with Gasteiger partial charge in [0.05, 0.1) is 14.2 Å². The number of fused-ring (bicyclic) bond motifs is 1. The van der Waals surface area contributed by atoms with Gasteiger partial charge >= 0.3 is 0 Å². The van der Waals surface area contributed by atoms with Crippen molar-refractivity contribution in [1.29, 1.82) is 0 Å². The Morgan fingerprint density at radius 2 is 1.85 bits per heavy atom. The first-order valence-electron chi connectivity index (χ1n) is 12.9. The van der Waals surface area contributed by atoms with Gasteiger partial charge in [0.25, 0.3) is 0 Å². The van der Waals surface area contributed by atoms with Crippen LogP contribution in [0, 0.1) is 0 Å². The van der Waals surface area contributed by atoms with Crippen LogP contribution in [0.1, 0.15) is 38.2 Å². The Labute approximate surface area is 226 Å². The standard InChI is InChI=1S/C27H32N6O6/c1-17(27(35)28-20-6-4-5-7-20)32(14-18-8-10-22-24(12-18)39-16-38-22)25(34)15-33-30-26(29-31-33)19-9-11-21(36-2)23(13-19)37-3/h8-13,17,20H,4-7,14-16H2,1-3H3,(H,28,35)/t17-/m1/s1. The molecule has 2 amide bonds. The summed E-state index contributed by atoms with van der Waals surface area (Å²) >= 11 is 0. The molecule has 0 bridgehead atoms. The van der Waals surface area contributed by atoms with Crippen LogP contribution in [0.4, 0.5) is 0 Å². The summed E-state index contributed by atoms with van der Waals surface area (Å²) in [5.74, 6) is 2.19. The van der Waals surface area contributed by atoms with Crippen molar-refractivity contribution in [2.45, 2.75) is 57.8 Å². The number of amides is 2. The molecule has 1 aromatic heterocycles. The summed E-state index contributed by atoms with van der Waals surface area (Å²) in [6.45, 7) is 1.90. The van der Waals surface area contributed by atoms with E-state index in [9.17, 15) is 9.59 Å². The maximum absolute atomic E-state index is 13.6. The molecule has 0 unspecified atom stereocenters. The normalized spacial score (nSPS) is 15.2. The number of nitrogens with one attached hydrogen (secondary N) is 1. The highest BCUT2D eigenvalue weighted by Crippen LogP contribution is 2.33. The maximum atomic E-state index is 13.6. The topological polar surface area (TPSA) is 130 Å². The van der Waals surface area contributed by atoms with E-state index in [2.05, 4.69) is 20.7 Å². The summed E-state index contributed by atoms with van der Waals surface area (Å²) in [6.07, 6.45) is 4.10. The molecular formula is C27H32N6O6. The van der Waals surface area contributed by atoms with Crippen LogP contribution >= 0.6 is 0 Å². The fraction of sp³-hybridized carbons (Fsp3) is 0.444. The lowest BCUT2D eigenvalue weighted by Gasteiger charge is -2.29. The Kier molecular flexibility index (Phi) is 7.80. The fourth-order valence-corrected chi connectivity index (χ4v) is 4.82. The lowest BCUT2D eigenvalue weighted by molar-refractivity contribution is -0.141. The Hall–Kier alpha value is -4.35.